The molecule has 184 valence electrons. The van der Waals surface area contributed by atoms with E-state index < -0.39 is 12.2 Å². The van der Waals surface area contributed by atoms with Crippen molar-refractivity contribution < 1.29 is 19.1 Å². The molecule has 1 fully saturated rings. The van der Waals surface area contributed by atoms with Gasteiger partial charge in [0.2, 0.25) is 11.9 Å². The fourth-order valence-electron chi connectivity index (χ4n) is 4.96. The predicted molar refractivity (Wildman–Crippen MR) is 131 cm³/mol. The molecule has 1 saturated carbocycles. The molecule has 35 heavy (non-hydrogen) atoms. The summed E-state index contributed by atoms with van der Waals surface area (Å²) in [6.07, 6.45) is 5.28. The number of nitrogens with two attached hydrogens (primary N) is 1. The van der Waals surface area contributed by atoms with Crippen LogP contribution in [0.25, 0.3) is 0 Å². The number of hydrogen-bond donors (Lipinski definition) is 4. The van der Waals surface area contributed by atoms with Crippen molar-refractivity contribution in [3.63, 3.8) is 0 Å². The lowest BCUT2D eigenvalue weighted by Crippen LogP contribution is -2.41. The molecule has 1 aromatic heterocycles. The first-order chi connectivity index (χ1) is 16.8. The second-order valence-electron chi connectivity index (χ2n) is 8.77. The van der Waals surface area contributed by atoms with Gasteiger partial charge < -0.3 is 36.1 Å². The summed E-state index contributed by atoms with van der Waals surface area (Å²) in [4.78, 5) is 34.2. The molecule has 2 bridgehead atoms. The minimum atomic E-state index is -0.812. The van der Waals surface area contributed by atoms with Crippen LogP contribution in [0.3, 0.4) is 0 Å². The van der Waals surface area contributed by atoms with Crippen LogP contribution in [0.15, 0.2) is 30.5 Å². The number of carbonyl (C=O) groups excluding carboxylic acids is 2. The quantitative estimate of drug-likeness (QED) is 0.440. The highest BCUT2D eigenvalue weighted by molar-refractivity contribution is 6.32. The molecule has 2 amide bonds. The zero-order valence-electron chi connectivity index (χ0n) is 19.2. The van der Waals surface area contributed by atoms with Crippen molar-refractivity contribution in [2.24, 2.45) is 17.6 Å². The van der Waals surface area contributed by atoms with Crippen molar-refractivity contribution in [2.45, 2.75) is 25.1 Å². The second-order valence-corrected chi connectivity index (χ2v) is 9.18. The Bertz CT molecular complexity index is 1210. The van der Waals surface area contributed by atoms with E-state index in [2.05, 4.69) is 32.0 Å². The standard InChI is InChI=1S/C23H26ClN7O4/c1-31-16-7-15(17(34-2)6-13(16)8-26-10-18(31)32)28-23-27-9-14(24)21(30-23)29-19-11-3-4-12(5-11)20(19)35-22(25)33/h3-4,6-7,9,11-12,19-20,26H,5,8,10H2,1-2H3,(H2,25,33)(H2,27,28,29,30)/t11-,12+,19+,20-/m0/s1. The van der Waals surface area contributed by atoms with Crippen LogP contribution in [0, 0.1) is 11.8 Å². The highest BCUT2D eigenvalue weighted by Crippen LogP contribution is 2.43. The van der Waals surface area contributed by atoms with Crippen LogP contribution in [-0.4, -0.2) is 54.8 Å². The Morgan fingerprint density at radius 1 is 1.29 bits per heavy atom. The molecule has 2 aromatic rings. The van der Waals surface area contributed by atoms with E-state index >= 15 is 0 Å². The number of carbonyl (C=O) groups is 2. The maximum absolute atomic E-state index is 12.3. The average Bonchev–Trinajstić information content (AvgIpc) is 3.39. The molecule has 4 atom stereocenters. The number of nitrogens with zero attached hydrogens (tertiary/aromatic N) is 3. The van der Waals surface area contributed by atoms with Gasteiger partial charge in [0, 0.05) is 25.4 Å². The number of amides is 2. The van der Waals surface area contributed by atoms with Crippen molar-refractivity contribution in [3.05, 3.63) is 41.1 Å². The van der Waals surface area contributed by atoms with Gasteiger partial charge in [-0.05, 0) is 24.1 Å². The molecule has 11 nitrogen and oxygen atoms in total. The van der Waals surface area contributed by atoms with Gasteiger partial charge in [0.05, 0.1) is 37.3 Å². The van der Waals surface area contributed by atoms with Gasteiger partial charge in [-0.25, -0.2) is 9.78 Å². The summed E-state index contributed by atoms with van der Waals surface area (Å²) in [5.41, 5.74) is 7.58. The Morgan fingerprint density at radius 2 is 2.09 bits per heavy atom. The monoisotopic (exact) mass is 499 g/mol. The fraction of sp³-hybridized carbons (Fsp3) is 0.391. The van der Waals surface area contributed by atoms with Gasteiger partial charge in [0.1, 0.15) is 16.9 Å². The van der Waals surface area contributed by atoms with Crippen molar-refractivity contribution in [2.75, 3.05) is 36.2 Å². The third kappa shape index (κ3) is 4.44. The van der Waals surface area contributed by atoms with Gasteiger partial charge in [-0.1, -0.05) is 23.8 Å². The summed E-state index contributed by atoms with van der Waals surface area (Å²) in [5.74, 6) is 1.48. The number of fused-ring (bicyclic) bond motifs is 3. The van der Waals surface area contributed by atoms with Gasteiger partial charge in [-0.3, -0.25) is 4.79 Å². The minimum absolute atomic E-state index is 0.0401. The van der Waals surface area contributed by atoms with E-state index in [-0.39, 0.29) is 36.3 Å². The molecule has 2 heterocycles. The van der Waals surface area contributed by atoms with Crippen LogP contribution >= 0.6 is 11.6 Å². The molecule has 0 unspecified atom stereocenters. The molecule has 5 N–H and O–H groups in total. The van der Waals surface area contributed by atoms with Gasteiger partial charge in [0.25, 0.3) is 0 Å². The average molecular weight is 500 g/mol. The number of rotatable bonds is 6. The highest BCUT2D eigenvalue weighted by Gasteiger charge is 2.47. The number of nitrogens with one attached hydrogen (secondary N) is 3. The summed E-state index contributed by atoms with van der Waals surface area (Å²) in [6, 6.07) is 3.50. The van der Waals surface area contributed by atoms with Crippen LogP contribution in [0.5, 0.6) is 5.75 Å². The first-order valence-corrected chi connectivity index (χ1v) is 11.6. The lowest BCUT2D eigenvalue weighted by atomic mass is 9.98. The molecule has 2 aliphatic carbocycles. The zero-order chi connectivity index (χ0) is 24.7. The third-order valence-corrected chi connectivity index (χ3v) is 6.94. The molecule has 1 aliphatic heterocycles. The summed E-state index contributed by atoms with van der Waals surface area (Å²) >= 11 is 6.40. The number of aromatic nitrogens is 2. The number of ether oxygens (including phenoxy) is 2. The molecule has 0 spiro atoms. The van der Waals surface area contributed by atoms with Crippen molar-refractivity contribution in [3.8, 4) is 5.75 Å². The Labute approximate surface area is 207 Å². The Kier molecular flexibility index (Phi) is 6.12. The zero-order valence-corrected chi connectivity index (χ0v) is 20.0. The maximum Gasteiger partial charge on any atom is 0.404 e. The van der Waals surface area contributed by atoms with Gasteiger partial charge in [-0.2, -0.15) is 4.98 Å². The summed E-state index contributed by atoms with van der Waals surface area (Å²) in [7, 11) is 3.31. The number of methoxy groups -OCH3 is 1. The Balaban J connectivity index is 1.42. The number of anilines is 4. The number of halogens is 1. The largest absolute Gasteiger partial charge is 0.495 e. The number of likely N-dealkylation sites (N-methyl/N-ethyl adjacent to an activating group) is 1. The smallest absolute Gasteiger partial charge is 0.404 e. The SMILES string of the molecule is COc1cc2c(cc1Nc1ncc(Cl)c(N[C@H]3[C@@H](OC(N)=O)[C@@H]4C=C[C@H]3C4)n1)N(C)C(=O)CNC2. The lowest BCUT2D eigenvalue weighted by molar-refractivity contribution is -0.117. The molecule has 0 saturated heterocycles. The molecule has 3 aliphatic rings. The van der Waals surface area contributed by atoms with Crippen LogP contribution < -0.4 is 31.3 Å². The number of benzene rings is 1. The van der Waals surface area contributed by atoms with E-state index in [0.717, 1.165) is 17.7 Å². The van der Waals surface area contributed by atoms with Crippen LogP contribution in [-0.2, 0) is 16.1 Å². The van der Waals surface area contributed by atoms with Crippen LogP contribution in [0.4, 0.5) is 27.9 Å². The van der Waals surface area contributed by atoms with Crippen molar-refractivity contribution in [1.29, 1.82) is 0 Å². The Morgan fingerprint density at radius 3 is 2.86 bits per heavy atom. The van der Waals surface area contributed by atoms with Gasteiger partial charge >= 0.3 is 6.09 Å². The fourth-order valence-corrected chi connectivity index (χ4v) is 5.10. The van der Waals surface area contributed by atoms with E-state index in [1.54, 1.807) is 19.1 Å². The molecular weight excluding hydrogens is 474 g/mol. The molecular formula is C23H26ClN7O4. The maximum atomic E-state index is 12.3. The van der Waals surface area contributed by atoms with Gasteiger partial charge in [0.15, 0.2) is 5.82 Å². The van der Waals surface area contributed by atoms with E-state index in [4.69, 9.17) is 26.8 Å². The first-order valence-electron chi connectivity index (χ1n) is 11.2. The molecule has 5 rings (SSSR count). The van der Waals surface area contributed by atoms with Crippen LogP contribution in [0.1, 0.15) is 12.0 Å². The first kappa shape index (κ1) is 23.2. The summed E-state index contributed by atoms with van der Waals surface area (Å²) < 4.78 is 11.0. The van der Waals surface area contributed by atoms with E-state index in [9.17, 15) is 9.59 Å². The van der Waals surface area contributed by atoms with E-state index in [1.807, 2.05) is 18.2 Å². The topological polar surface area (TPSA) is 144 Å². The minimum Gasteiger partial charge on any atom is -0.495 e. The van der Waals surface area contributed by atoms with Gasteiger partial charge in [-0.15, -0.1) is 0 Å². The van der Waals surface area contributed by atoms with Crippen molar-refractivity contribution in [1.82, 2.24) is 15.3 Å². The van der Waals surface area contributed by atoms with E-state index in [1.165, 1.54) is 6.20 Å². The van der Waals surface area contributed by atoms with E-state index in [0.29, 0.717) is 28.8 Å². The second kappa shape index (κ2) is 9.23. The summed E-state index contributed by atoms with van der Waals surface area (Å²) in [5, 5.41) is 9.94. The number of primary amides is 1. The molecule has 0 radical (unpaired) electrons. The Hall–Kier alpha value is -3.57. The van der Waals surface area contributed by atoms with Crippen molar-refractivity contribution >= 4 is 46.7 Å². The number of hydrogen-bond acceptors (Lipinski definition) is 9. The molecule has 12 heteroatoms. The lowest BCUT2D eigenvalue weighted by Gasteiger charge is -2.28. The highest BCUT2D eigenvalue weighted by atomic mass is 35.5. The third-order valence-electron chi connectivity index (χ3n) is 6.66. The normalized spacial score (nSPS) is 24.7. The predicted octanol–water partition coefficient (Wildman–Crippen LogP) is 2.40. The van der Waals surface area contributed by atoms with Crippen LogP contribution in [0.2, 0.25) is 5.02 Å². The summed E-state index contributed by atoms with van der Waals surface area (Å²) in [6.45, 7) is 0.796. The molecule has 1 aromatic carbocycles.